The largest absolute Gasteiger partial charge is 0.481 e. The Balaban J connectivity index is 2.48. The molecule has 4 heteroatoms. The molecule has 0 heterocycles. The molecule has 2 N–H and O–H groups in total. The molecule has 2 aliphatic rings. The standard InChI is InChI=1S/C20H25NO3/c1-6-15(20(23)24)19(22)21-17-9-13(5)16-10-14(11(2)3)8-7-12(4)18(16)17/h7-11,15H,6H2,1-5H3,(H,21,22)(H,23,24). The summed E-state index contributed by atoms with van der Waals surface area (Å²) in [5, 5.41) is 12.0. The number of carboxylic acids is 1. The summed E-state index contributed by atoms with van der Waals surface area (Å²) in [6, 6.07) is 8.25. The maximum absolute atomic E-state index is 12.3. The molecular formula is C20H25NO3. The topological polar surface area (TPSA) is 66.4 Å². The molecule has 0 fully saturated rings. The van der Waals surface area contributed by atoms with Crippen molar-refractivity contribution in [2.24, 2.45) is 5.92 Å². The van der Waals surface area contributed by atoms with E-state index in [-0.39, 0.29) is 6.42 Å². The van der Waals surface area contributed by atoms with Crippen LogP contribution in [0.1, 0.15) is 49.8 Å². The number of fused-ring (bicyclic) bond motifs is 1. The van der Waals surface area contributed by atoms with Crippen LogP contribution in [0.4, 0.5) is 5.69 Å². The van der Waals surface area contributed by atoms with Gasteiger partial charge in [0, 0.05) is 11.3 Å². The molecule has 2 aliphatic carbocycles. The molecule has 0 saturated carbocycles. The predicted molar refractivity (Wildman–Crippen MR) is 96.7 cm³/mol. The first-order valence-corrected chi connectivity index (χ1v) is 8.33. The molecule has 0 aromatic carbocycles. The summed E-state index contributed by atoms with van der Waals surface area (Å²) in [6.07, 6.45) is 0.267. The Morgan fingerprint density at radius 2 is 1.79 bits per heavy atom. The number of anilines is 1. The molecule has 128 valence electrons. The summed E-state index contributed by atoms with van der Waals surface area (Å²) in [4.78, 5) is 23.5. The summed E-state index contributed by atoms with van der Waals surface area (Å²) < 4.78 is 0. The van der Waals surface area contributed by atoms with Crippen LogP contribution in [-0.4, -0.2) is 17.0 Å². The van der Waals surface area contributed by atoms with Crippen LogP contribution >= 0.6 is 0 Å². The molecule has 0 aliphatic heterocycles. The Morgan fingerprint density at radius 3 is 2.33 bits per heavy atom. The van der Waals surface area contributed by atoms with Crippen LogP contribution in [0.3, 0.4) is 0 Å². The van der Waals surface area contributed by atoms with Gasteiger partial charge in [0.2, 0.25) is 5.91 Å². The summed E-state index contributed by atoms with van der Waals surface area (Å²) in [7, 11) is 0. The first-order valence-electron chi connectivity index (χ1n) is 8.33. The lowest BCUT2D eigenvalue weighted by molar-refractivity contribution is -0.145. The SMILES string of the molecule is CCC(C(=O)O)C(=O)Nc1cc(C)c2cc(C(C)C)ccc(C)c1-2. The average molecular weight is 327 g/mol. The number of aliphatic carboxylic acids is 1. The molecule has 0 saturated heterocycles. The molecule has 1 unspecified atom stereocenters. The van der Waals surface area contributed by atoms with E-state index < -0.39 is 17.8 Å². The molecule has 0 aromatic heterocycles. The van der Waals surface area contributed by atoms with Crippen LogP contribution in [0.5, 0.6) is 0 Å². The van der Waals surface area contributed by atoms with E-state index in [2.05, 4.69) is 37.4 Å². The lowest BCUT2D eigenvalue weighted by Gasteiger charge is -2.12. The highest BCUT2D eigenvalue weighted by Crippen LogP contribution is 2.39. The molecule has 24 heavy (non-hydrogen) atoms. The van der Waals surface area contributed by atoms with Crippen LogP contribution in [0.25, 0.3) is 11.1 Å². The van der Waals surface area contributed by atoms with Crippen molar-refractivity contribution in [1.82, 2.24) is 0 Å². The normalized spacial score (nSPS) is 12.4. The lowest BCUT2D eigenvalue weighted by Crippen LogP contribution is -2.28. The third-order valence-electron chi connectivity index (χ3n) is 4.50. The Morgan fingerprint density at radius 1 is 1.12 bits per heavy atom. The Hall–Kier alpha value is -2.36. The highest BCUT2D eigenvalue weighted by molar-refractivity contribution is 6.07. The zero-order valence-corrected chi connectivity index (χ0v) is 14.9. The minimum Gasteiger partial charge on any atom is -0.481 e. The first kappa shape index (κ1) is 18.0. The Kier molecular flexibility index (Phi) is 5.27. The molecule has 0 bridgehead atoms. The summed E-state index contributed by atoms with van der Waals surface area (Å²) in [6.45, 7) is 10.0. The number of hydrogen-bond donors (Lipinski definition) is 2. The number of rotatable bonds is 5. The van der Waals surface area contributed by atoms with Gasteiger partial charge in [-0.25, -0.2) is 0 Å². The van der Waals surface area contributed by atoms with Crippen LogP contribution in [0.2, 0.25) is 0 Å². The van der Waals surface area contributed by atoms with Crippen molar-refractivity contribution in [1.29, 1.82) is 0 Å². The van der Waals surface area contributed by atoms with Crippen molar-refractivity contribution < 1.29 is 14.7 Å². The molecule has 0 spiro atoms. The molecule has 0 aromatic rings. The van der Waals surface area contributed by atoms with Gasteiger partial charge in [0.1, 0.15) is 5.92 Å². The highest BCUT2D eigenvalue weighted by atomic mass is 16.4. The number of nitrogens with one attached hydrogen (secondary N) is 1. The van der Waals surface area contributed by atoms with E-state index in [1.54, 1.807) is 6.92 Å². The zero-order valence-electron chi connectivity index (χ0n) is 14.9. The second-order valence-corrected chi connectivity index (χ2v) is 6.63. The van der Waals surface area contributed by atoms with Crippen molar-refractivity contribution >= 4 is 17.6 Å². The van der Waals surface area contributed by atoms with Crippen molar-refractivity contribution in [3.63, 3.8) is 0 Å². The third kappa shape index (κ3) is 3.42. The monoisotopic (exact) mass is 327 g/mol. The summed E-state index contributed by atoms with van der Waals surface area (Å²) in [5.41, 5.74) is 6.13. The Labute approximate surface area is 143 Å². The van der Waals surface area contributed by atoms with Gasteiger partial charge in [-0.1, -0.05) is 39.0 Å². The van der Waals surface area contributed by atoms with Gasteiger partial charge in [-0.15, -0.1) is 0 Å². The van der Waals surface area contributed by atoms with Gasteiger partial charge < -0.3 is 10.4 Å². The van der Waals surface area contributed by atoms with E-state index in [0.717, 1.165) is 22.3 Å². The summed E-state index contributed by atoms with van der Waals surface area (Å²) >= 11 is 0. The van der Waals surface area contributed by atoms with E-state index in [9.17, 15) is 14.7 Å². The van der Waals surface area contributed by atoms with E-state index in [1.807, 2.05) is 19.9 Å². The number of carbonyl (C=O) groups is 2. The molecular weight excluding hydrogens is 302 g/mol. The van der Waals surface area contributed by atoms with Gasteiger partial charge in [-0.05, 0) is 54.5 Å². The number of carbonyl (C=O) groups excluding carboxylic acids is 1. The zero-order chi connectivity index (χ0) is 18.0. The molecule has 0 radical (unpaired) electrons. The first-order chi connectivity index (χ1) is 11.3. The fraction of sp³-hybridized carbons (Fsp3) is 0.400. The minimum atomic E-state index is -1.09. The van der Waals surface area contributed by atoms with Gasteiger partial charge in [-0.2, -0.15) is 0 Å². The average Bonchev–Trinajstić information content (AvgIpc) is 2.66. The molecule has 4 nitrogen and oxygen atoms in total. The highest BCUT2D eigenvalue weighted by Gasteiger charge is 2.26. The second-order valence-electron chi connectivity index (χ2n) is 6.63. The van der Waals surface area contributed by atoms with E-state index in [0.29, 0.717) is 11.6 Å². The van der Waals surface area contributed by atoms with Crippen molar-refractivity contribution in [3.8, 4) is 11.1 Å². The van der Waals surface area contributed by atoms with Crippen LogP contribution in [-0.2, 0) is 9.59 Å². The second kappa shape index (κ2) is 7.04. The smallest absolute Gasteiger partial charge is 0.316 e. The quantitative estimate of drug-likeness (QED) is 0.790. The fourth-order valence-electron chi connectivity index (χ4n) is 2.99. The van der Waals surface area contributed by atoms with Crippen LogP contribution in [0.15, 0.2) is 24.3 Å². The third-order valence-corrected chi connectivity index (χ3v) is 4.50. The minimum absolute atomic E-state index is 0.267. The van der Waals surface area contributed by atoms with E-state index in [1.165, 1.54) is 5.56 Å². The van der Waals surface area contributed by atoms with E-state index in [4.69, 9.17) is 0 Å². The maximum atomic E-state index is 12.3. The van der Waals surface area contributed by atoms with Crippen LogP contribution < -0.4 is 5.32 Å². The summed E-state index contributed by atoms with van der Waals surface area (Å²) in [5.74, 6) is -2.18. The van der Waals surface area contributed by atoms with Crippen molar-refractivity contribution in [2.45, 2.75) is 47.0 Å². The number of hydrogen-bond acceptors (Lipinski definition) is 2. The molecule has 1 amide bonds. The van der Waals surface area contributed by atoms with Gasteiger partial charge in [0.05, 0.1) is 0 Å². The van der Waals surface area contributed by atoms with E-state index >= 15 is 0 Å². The van der Waals surface area contributed by atoms with Gasteiger partial charge in [-0.3, -0.25) is 9.59 Å². The van der Waals surface area contributed by atoms with Gasteiger partial charge in [0.25, 0.3) is 0 Å². The number of aryl methyl sites for hydroxylation is 2. The fourth-order valence-corrected chi connectivity index (χ4v) is 2.99. The molecule has 2 rings (SSSR count). The van der Waals surface area contributed by atoms with Gasteiger partial charge >= 0.3 is 5.97 Å². The lowest BCUT2D eigenvalue weighted by atomic mass is 10.0. The van der Waals surface area contributed by atoms with Crippen molar-refractivity contribution in [3.05, 3.63) is 41.0 Å². The van der Waals surface area contributed by atoms with Gasteiger partial charge in [0.15, 0.2) is 0 Å². The Bertz CT molecular complexity index is 749. The number of amides is 1. The number of carboxylic acid groups (broad SMARTS) is 1. The predicted octanol–water partition coefficient (Wildman–Crippen LogP) is 4.58. The maximum Gasteiger partial charge on any atom is 0.316 e. The van der Waals surface area contributed by atoms with Crippen LogP contribution in [0, 0.1) is 19.8 Å². The molecule has 1 atom stereocenters. The van der Waals surface area contributed by atoms with Crippen molar-refractivity contribution in [2.75, 3.05) is 5.32 Å².